The molecule has 0 aliphatic carbocycles. The van der Waals surface area contributed by atoms with Gasteiger partial charge in [0.05, 0.1) is 6.04 Å². The molecule has 5 heteroatoms. The highest BCUT2D eigenvalue weighted by atomic mass is 32.1. The molecule has 0 saturated heterocycles. The van der Waals surface area contributed by atoms with E-state index in [9.17, 15) is 4.79 Å². The highest BCUT2D eigenvalue weighted by Gasteiger charge is 2.21. The fourth-order valence-electron chi connectivity index (χ4n) is 1.26. The SMILES string of the molecule is C[C@H]1CNC(=O)c2ccnn21.S. The molecule has 66 valence electrons. The van der Waals surface area contributed by atoms with E-state index in [1.165, 1.54) is 0 Å². The van der Waals surface area contributed by atoms with E-state index in [2.05, 4.69) is 10.4 Å². The summed E-state index contributed by atoms with van der Waals surface area (Å²) >= 11 is 0. The van der Waals surface area contributed by atoms with E-state index >= 15 is 0 Å². The van der Waals surface area contributed by atoms with Gasteiger partial charge in [0.25, 0.3) is 5.91 Å². The summed E-state index contributed by atoms with van der Waals surface area (Å²) in [6, 6.07) is 2.00. The molecule has 1 aromatic heterocycles. The van der Waals surface area contributed by atoms with Gasteiger partial charge in [-0.05, 0) is 13.0 Å². The standard InChI is InChI=1S/C7H9N3O.H2S/c1-5-4-8-7(11)6-2-3-9-10(5)6;/h2-3,5H,4H2,1H3,(H,8,11);1H2/t5-;/m0./s1. The second kappa shape index (κ2) is 3.18. The third kappa shape index (κ3) is 1.20. The molecule has 1 amide bonds. The Hall–Kier alpha value is -0.970. The summed E-state index contributed by atoms with van der Waals surface area (Å²) in [6.07, 6.45) is 1.65. The lowest BCUT2D eigenvalue weighted by molar-refractivity contribution is 0.0912. The van der Waals surface area contributed by atoms with Crippen LogP contribution < -0.4 is 5.32 Å². The Morgan fingerprint density at radius 2 is 2.50 bits per heavy atom. The molecule has 0 saturated carbocycles. The van der Waals surface area contributed by atoms with Crippen molar-refractivity contribution in [2.75, 3.05) is 6.54 Å². The molecule has 4 nitrogen and oxygen atoms in total. The van der Waals surface area contributed by atoms with Gasteiger partial charge in [0.15, 0.2) is 0 Å². The number of nitrogens with zero attached hydrogens (tertiary/aromatic N) is 2. The van der Waals surface area contributed by atoms with E-state index in [1.807, 2.05) is 6.92 Å². The highest BCUT2D eigenvalue weighted by Crippen LogP contribution is 2.11. The van der Waals surface area contributed by atoms with Crippen LogP contribution in [0.1, 0.15) is 23.5 Å². The van der Waals surface area contributed by atoms with E-state index in [4.69, 9.17) is 0 Å². The molecule has 12 heavy (non-hydrogen) atoms. The van der Waals surface area contributed by atoms with Crippen molar-refractivity contribution in [2.24, 2.45) is 0 Å². The van der Waals surface area contributed by atoms with Crippen LogP contribution in [0.5, 0.6) is 0 Å². The van der Waals surface area contributed by atoms with Crippen molar-refractivity contribution in [1.29, 1.82) is 0 Å². The molecule has 1 aliphatic rings. The zero-order valence-corrected chi connectivity index (χ0v) is 7.74. The van der Waals surface area contributed by atoms with Gasteiger partial charge in [-0.25, -0.2) is 0 Å². The topological polar surface area (TPSA) is 46.9 Å². The molecule has 0 bridgehead atoms. The average Bonchev–Trinajstić information content (AvgIpc) is 2.45. The van der Waals surface area contributed by atoms with E-state index in [0.29, 0.717) is 12.2 Å². The summed E-state index contributed by atoms with van der Waals surface area (Å²) in [7, 11) is 0. The largest absolute Gasteiger partial charge is 0.349 e. The number of aromatic nitrogens is 2. The molecule has 2 heterocycles. The van der Waals surface area contributed by atoms with Gasteiger partial charge < -0.3 is 5.32 Å². The van der Waals surface area contributed by atoms with Gasteiger partial charge in [-0.3, -0.25) is 9.48 Å². The average molecular weight is 185 g/mol. The first-order valence-electron chi connectivity index (χ1n) is 3.61. The van der Waals surface area contributed by atoms with Crippen molar-refractivity contribution < 1.29 is 4.79 Å². The minimum absolute atomic E-state index is 0. The predicted molar refractivity (Wildman–Crippen MR) is 49.7 cm³/mol. The third-order valence-electron chi connectivity index (χ3n) is 1.88. The molecule has 0 aromatic carbocycles. The van der Waals surface area contributed by atoms with Crippen molar-refractivity contribution in [3.05, 3.63) is 18.0 Å². The summed E-state index contributed by atoms with van der Waals surface area (Å²) in [4.78, 5) is 11.1. The molecular weight excluding hydrogens is 174 g/mol. The maximum absolute atomic E-state index is 11.1. The van der Waals surface area contributed by atoms with Crippen molar-refractivity contribution in [2.45, 2.75) is 13.0 Å². The maximum Gasteiger partial charge on any atom is 0.269 e. The summed E-state index contributed by atoms with van der Waals surface area (Å²) in [5, 5.41) is 6.82. The zero-order chi connectivity index (χ0) is 7.84. The fraction of sp³-hybridized carbons (Fsp3) is 0.429. The van der Waals surface area contributed by atoms with E-state index in [-0.39, 0.29) is 25.4 Å². The highest BCUT2D eigenvalue weighted by molar-refractivity contribution is 7.59. The maximum atomic E-state index is 11.1. The molecule has 0 radical (unpaired) electrons. The summed E-state index contributed by atoms with van der Waals surface area (Å²) in [5.41, 5.74) is 0.656. The van der Waals surface area contributed by atoms with Crippen molar-refractivity contribution in [3.63, 3.8) is 0 Å². The summed E-state index contributed by atoms with van der Waals surface area (Å²) in [5.74, 6) is -0.0272. The minimum Gasteiger partial charge on any atom is -0.349 e. The van der Waals surface area contributed by atoms with Crippen LogP contribution in [0.3, 0.4) is 0 Å². The minimum atomic E-state index is -0.0272. The number of rotatable bonds is 0. The molecule has 0 unspecified atom stereocenters. The number of hydrogen-bond acceptors (Lipinski definition) is 2. The lowest BCUT2D eigenvalue weighted by Gasteiger charge is -2.20. The Balaban J connectivity index is 0.000000720. The molecule has 1 aliphatic heterocycles. The predicted octanol–water partition coefficient (Wildman–Crippen LogP) is 0.300. The molecule has 0 fully saturated rings. The van der Waals surface area contributed by atoms with Crippen LogP contribution in [0, 0.1) is 0 Å². The zero-order valence-electron chi connectivity index (χ0n) is 6.74. The van der Waals surface area contributed by atoms with Gasteiger partial charge in [-0.2, -0.15) is 18.6 Å². The number of carbonyl (C=O) groups excluding carboxylic acids is 1. The first kappa shape index (κ1) is 9.12. The third-order valence-corrected chi connectivity index (χ3v) is 1.88. The Labute approximate surface area is 77.4 Å². The monoisotopic (exact) mass is 185 g/mol. The molecular formula is C7H11N3OS. The van der Waals surface area contributed by atoms with Crippen LogP contribution in [0.4, 0.5) is 0 Å². The van der Waals surface area contributed by atoms with Crippen LogP contribution >= 0.6 is 13.5 Å². The first-order valence-corrected chi connectivity index (χ1v) is 3.61. The summed E-state index contributed by atoms with van der Waals surface area (Å²) < 4.78 is 1.75. The summed E-state index contributed by atoms with van der Waals surface area (Å²) in [6.45, 7) is 2.70. The van der Waals surface area contributed by atoms with Crippen molar-refractivity contribution in [3.8, 4) is 0 Å². The van der Waals surface area contributed by atoms with Gasteiger partial charge in [0.2, 0.25) is 0 Å². The molecule has 2 rings (SSSR count). The normalized spacial score (nSPS) is 20.8. The molecule has 1 N–H and O–H groups in total. The Morgan fingerprint density at radius 3 is 3.17 bits per heavy atom. The van der Waals surface area contributed by atoms with Crippen LogP contribution in [-0.2, 0) is 0 Å². The second-order valence-corrected chi connectivity index (χ2v) is 2.72. The van der Waals surface area contributed by atoms with Gasteiger partial charge in [0, 0.05) is 12.7 Å². The lowest BCUT2D eigenvalue weighted by atomic mass is 10.2. The second-order valence-electron chi connectivity index (χ2n) is 2.72. The van der Waals surface area contributed by atoms with Gasteiger partial charge in [-0.1, -0.05) is 0 Å². The number of nitrogens with one attached hydrogen (secondary N) is 1. The van der Waals surface area contributed by atoms with Crippen molar-refractivity contribution in [1.82, 2.24) is 15.1 Å². The first-order chi connectivity index (χ1) is 5.29. The Morgan fingerprint density at radius 1 is 1.75 bits per heavy atom. The number of hydrogen-bond donors (Lipinski definition) is 1. The van der Waals surface area contributed by atoms with Crippen molar-refractivity contribution >= 4 is 19.4 Å². The number of fused-ring (bicyclic) bond motifs is 1. The smallest absolute Gasteiger partial charge is 0.269 e. The Kier molecular flexibility index (Phi) is 2.42. The molecule has 0 spiro atoms. The molecule has 1 aromatic rings. The Bertz CT molecular complexity index is 297. The molecule has 1 atom stereocenters. The fourth-order valence-corrected chi connectivity index (χ4v) is 1.26. The number of amides is 1. The lowest BCUT2D eigenvalue weighted by Crippen LogP contribution is -2.37. The van der Waals surface area contributed by atoms with Crippen LogP contribution in [0.2, 0.25) is 0 Å². The van der Waals surface area contributed by atoms with Gasteiger partial charge in [-0.15, -0.1) is 0 Å². The van der Waals surface area contributed by atoms with E-state index < -0.39 is 0 Å². The van der Waals surface area contributed by atoms with Gasteiger partial charge in [0.1, 0.15) is 5.69 Å². The quantitative estimate of drug-likeness (QED) is 0.632. The van der Waals surface area contributed by atoms with Gasteiger partial charge >= 0.3 is 0 Å². The number of carbonyl (C=O) groups is 1. The van der Waals surface area contributed by atoms with Crippen LogP contribution in [0.15, 0.2) is 12.3 Å². The van der Waals surface area contributed by atoms with Crippen LogP contribution in [-0.4, -0.2) is 22.2 Å². The van der Waals surface area contributed by atoms with E-state index in [0.717, 1.165) is 0 Å². The van der Waals surface area contributed by atoms with Crippen LogP contribution in [0.25, 0.3) is 0 Å². The van der Waals surface area contributed by atoms with E-state index in [1.54, 1.807) is 16.9 Å².